The molecule has 0 aromatic carbocycles. The first-order valence-electron chi connectivity index (χ1n) is 12.9. The highest BCUT2D eigenvalue weighted by Gasteiger charge is 2.64. The van der Waals surface area contributed by atoms with Crippen molar-refractivity contribution in [2.24, 2.45) is 46.3 Å². The molecule has 0 radical (unpaired) electrons. The fourth-order valence-corrected chi connectivity index (χ4v) is 8.86. The van der Waals surface area contributed by atoms with Crippen LogP contribution in [0.3, 0.4) is 0 Å². The van der Waals surface area contributed by atoms with Gasteiger partial charge in [-0.3, -0.25) is 14.4 Å². The second-order valence-corrected chi connectivity index (χ2v) is 11.8. The van der Waals surface area contributed by atoms with Crippen molar-refractivity contribution in [1.29, 1.82) is 0 Å². The van der Waals surface area contributed by atoms with Gasteiger partial charge in [0.25, 0.3) is 0 Å². The summed E-state index contributed by atoms with van der Waals surface area (Å²) in [6, 6.07) is 0. The average molecular weight is 447 g/mol. The molecule has 0 spiro atoms. The first-order valence-corrected chi connectivity index (χ1v) is 12.9. The maximum Gasteiger partial charge on any atom is 0.305 e. The van der Waals surface area contributed by atoms with Crippen LogP contribution in [0.25, 0.3) is 0 Å². The predicted octanol–water partition coefficient (Wildman–Crippen LogP) is 5.35. The van der Waals surface area contributed by atoms with E-state index in [-0.39, 0.29) is 28.9 Å². The Hall–Kier alpha value is -1.39. The summed E-state index contributed by atoms with van der Waals surface area (Å²) in [7, 11) is 1.45. The molecule has 0 amide bonds. The van der Waals surface area contributed by atoms with Crippen molar-refractivity contribution in [2.45, 2.75) is 98.0 Å². The summed E-state index contributed by atoms with van der Waals surface area (Å²) >= 11 is 0. The van der Waals surface area contributed by atoms with Gasteiger partial charge in [0, 0.05) is 25.2 Å². The van der Waals surface area contributed by atoms with E-state index in [1.807, 2.05) is 0 Å². The number of carbonyl (C=O) groups excluding carboxylic acids is 3. The molecule has 0 aromatic heterocycles. The number of hydrogen-bond acceptors (Lipinski definition) is 5. The molecule has 4 aliphatic rings. The Morgan fingerprint density at radius 1 is 1.09 bits per heavy atom. The zero-order valence-electron chi connectivity index (χ0n) is 20.7. The highest BCUT2D eigenvalue weighted by molar-refractivity contribution is 5.87. The molecular weight excluding hydrogens is 404 g/mol. The molecule has 180 valence electrons. The van der Waals surface area contributed by atoms with Gasteiger partial charge >= 0.3 is 11.9 Å². The zero-order valence-corrected chi connectivity index (χ0v) is 20.7. The van der Waals surface area contributed by atoms with Crippen LogP contribution in [0.15, 0.2) is 0 Å². The van der Waals surface area contributed by atoms with E-state index < -0.39 is 0 Å². The molecule has 0 aromatic rings. The summed E-state index contributed by atoms with van der Waals surface area (Å²) in [6.45, 7) is 8.43. The van der Waals surface area contributed by atoms with Crippen molar-refractivity contribution in [3.05, 3.63) is 0 Å². The smallest absolute Gasteiger partial charge is 0.305 e. The topological polar surface area (TPSA) is 69.7 Å². The third-order valence-corrected chi connectivity index (χ3v) is 10.6. The predicted molar refractivity (Wildman–Crippen MR) is 122 cm³/mol. The van der Waals surface area contributed by atoms with Crippen LogP contribution in [-0.2, 0) is 23.9 Å². The monoisotopic (exact) mass is 446 g/mol. The quantitative estimate of drug-likeness (QED) is 0.533. The lowest BCUT2D eigenvalue weighted by Gasteiger charge is -2.60. The Kier molecular flexibility index (Phi) is 6.50. The van der Waals surface area contributed by atoms with E-state index >= 15 is 0 Å². The number of ketones is 1. The molecule has 0 unspecified atom stereocenters. The minimum Gasteiger partial charge on any atom is -0.469 e. The van der Waals surface area contributed by atoms with Gasteiger partial charge < -0.3 is 9.47 Å². The van der Waals surface area contributed by atoms with Gasteiger partial charge in [0.05, 0.1) is 7.11 Å². The van der Waals surface area contributed by atoms with Crippen molar-refractivity contribution in [3.8, 4) is 0 Å². The summed E-state index contributed by atoms with van der Waals surface area (Å²) < 4.78 is 10.4. The lowest BCUT2D eigenvalue weighted by Crippen LogP contribution is -2.57. The molecule has 4 fully saturated rings. The van der Waals surface area contributed by atoms with E-state index in [0.29, 0.717) is 54.1 Å². The van der Waals surface area contributed by atoms with Crippen LogP contribution in [0.2, 0.25) is 0 Å². The van der Waals surface area contributed by atoms with Crippen molar-refractivity contribution < 1.29 is 23.9 Å². The van der Waals surface area contributed by atoms with E-state index in [1.54, 1.807) is 0 Å². The fourth-order valence-electron chi connectivity index (χ4n) is 8.86. The van der Waals surface area contributed by atoms with Crippen LogP contribution in [0.1, 0.15) is 91.9 Å². The van der Waals surface area contributed by atoms with E-state index in [1.165, 1.54) is 26.9 Å². The van der Waals surface area contributed by atoms with E-state index in [2.05, 4.69) is 20.8 Å². The molecule has 0 bridgehead atoms. The Balaban J connectivity index is 1.50. The number of fused-ring (bicyclic) bond motifs is 5. The number of ether oxygens (including phenoxy) is 2. The van der Waals surface area contributed by atoms with Crippen LogP contribution >= 0.6 is 0 Å². The van der Waals surface area contributed by atoms with E-state index in [9.17, 15) is 14.4 Å². The summed E-state index contributed by atoms with van der Waals surface area (Å²) in [5, 5.41) is 0. The molecule has 0 heterocycles. The lowest BCUT2D eigenvalue weighted by molar-refractivity contribution is -0.167. The number of hydrogen-bond donors (Lipinski definition) is 0. The van der Waals surface area contributed by atoms with Gasteiger partial charge in [0.15, 0.2) is 0 Å². The molecule has 0 aliphatic heterocycles. The molecule has 0 N–H and O–H groups in total. The summed E-state index contributed by atoms with van der Waals surface area (Å²) in [4.78, 5) is 37.0. The number of esters is 2. The van der Waals surface area contributed by atoms with Crippen LogP contribution in [0.4, 0.5) is 0 Å². The Bertz CT molecular complexity index is 761. The minimum atomic E-state index is -0.241. The molecular formula is C27H42O5. The fraction of sp³-hybridized carbons (Fsp3) is 0.889. The molecule has 4 saturated carbocycles. The minimum absolute atomic E-state index is 0.0539. The average Bonchev–Trinajstić information content (AvgIpc) is 3.11. The van der Waals surface area contributed by atoms with Crippen molar-refractivity contribution in [2.75, 3.05) is 7.11 Å². The maximum atomic E-state index is 13.8. The molecule has 9 atom stereocenters. The van der Waals surface area contributed by atoms with E-state index in [4.69, 9.17) is 9.47 Å². The lowest BCUT2D eigenvalue weighted by atomic mass is 9.44. The molecule has 4 rings (SSSR count). The third-order valence-electron chi connectivity index (χ3n) is 10.6. The van der Waals surface area contributed by atoms with Gasteiger partial charge in [0.2, 0.25) is 0 Å². The Morgan fingerprint density at radius 2 is 1.84 bits per heavy atom. The van der Waals surface area contributed by atoms with Gasteiger partial charge in [-0.2, -0.15) is 0 Å². The number of carbonyl (C=O) groups is 3. The second kappa shape index (κ2) is 8.76. The highest BCUT2D eigenvalue weighted by Crippen LogP contribution is 2.67. The summed E-state index contributed by atoms with van der Waals surface area (Å²) in [5.74, 6) is 3.00. The largest absolute Gasteiger partial charge is 0.469 e. The van der Waals surface area contributed by atoms with Gasteiger partial charge in [-0.25, -0.2) is 0 Å². The molecule has 32 heavy (non-hydrogen) atoms. The number of Topliss-reactive ketones (excluding diaryl/α,β-unsaturated/α-hetero) is 1. The highest BCUT2D eigenvalue weighted by atomic mass is 16.5. The van der Waals surface area contributed by atoms with E-state index in [0.717, 1.165) is 38.5 Å². The number of methoxy groups -OCH3 is 1. The summed E-state index contributed by atoms with van der Waals surface area (Å²) in [5.41, 5.74) is -0.0556. The SMILES string of the molecule is COC(=O)CC[C@@H](C)[C@@H]1CC[C@@H]2[C@@H]3CC[C@@H]4C[C@H](OC(C)=O)CC[C@]4(C)[C@@H]3CC(=O)[C@]21C. The van der Waals surface area contributed by atoms with Gasteiger partial charge in [-0.05, 0) is 92.3 Å². The van der Waals surface area contributed by atoms with Crippen LogP contribution in [-0.4, -0.2) is 30.9 Å². The Morgan fingerprint density at radius 3 is 2.53 bits per heavy atom. The first kappa shape index (κ1) is 23.8. The first-order chi connectivity index (χ1) is 15.1. The van der Waals surface area contributed by atoms with Crippen LogP contribution in [0.5, 0.6) is 0 Å². The van der Waals surface area contributed by atoms with Gasteiger partial charge in [-0.15, -0.1) is 0 Å². The Labute approximate surface area is 193 Å². The zero-order chi connectivity index (χ0) is 23.3. The second-order valence-electron chi connectivity index (χ2n) is 11.8. The van der Waals surface area contributed by atoms with Crippen molar-refractivity contribution in [3.63, 3.8) is 0 Å². The normalized spacial score (nSPS) is 44.1. The van der Waals surface area contributed by atoms with Crippen LogP contribution < -0.4 is 0 Å². The standard InChI is InChI=1S/C27H42O5/c1-16(6-11-25(30)31-5)21-9-10-22-20-8-7-18-14-19(32-17(2)28)12-13-26(18,3)23(20)15-24(29)27(21,22)4/h16,18-23H,6-15H2,1-5H3/t16-,18-,19-,20+,21+,22-,23-,26+,27+/m1/s1. The number of rotatable bonds is 5. The molecule has 0 saturated heterocycles. The molecule has 5 heteroatoms. The van der Waals surface area contributed by atoms with Gasteiger partial charge in [0.1, 0.15) is 11.9 Å². The molecule has 5 nitrogen and oxygen atoms in total. The van der Waals surface area contributed by atoms with Gasteiger partial charge in [-0.1, -0.05) is 20.8 Å². The third kappa shape index (κ3) is 3.81. The van der Waals surface area contributed by atoms with Crippen LogP contribution in [0, 0.1) is 46.3 Å². The summed E-state index contributed by atoms with van der Waals surface area (Å²) in [6.07, 6.45) is 9.61. The molecule has 4 aliphatic carbocycles. The van der Waals surface area contributed by atoms with Crippen molar-refractivity contribution in [1.82, 2.24) is 0 Å². The maximum absolute atomic E-state index is 13.8. The van der Waals surface area contributed by atoms with Crippen molar-refractivity contribution >= 4 is 17.7 Å².